The number of fused-ring (bicyclic) bond motifs is 2. The second-order valence-corrected chi connectivity index (χ2v) is 8.16. The Hall–Kier alpha value is -2.31. The van der Waals surface area contributed by atoms with Crippen LogP contribution in [0.1, 0.15) is 16.7 Å². The summed E-state index contributed by atoms with van der Waals surface area (Å²) in [6, 6.07) is 16.0. The van der Waals surface area contributed by atoms with Gasteiger partial charge in [0.1, 0.15) is 6.61 Å². The number of benzene rings is 2. The standard InChI is InChI=1S/C21H22N2O3S/c1-15-6-5-7-16(12-15)13-22-18-9-4-3-8-17(18)21(20(22)25)23(10-11-27-21)19(24)14-26-2/h3-9,12H,10-11,13-14H2,1-2H3. The molecular weight excluding hydrogens is 360 g/mol. The highest BCUT2D eigenvalue weighted by Gasteiger charge is 2.59. The minimum Gasteiger partial charge on any atom is -0.375 e. The van der Waals surface area contributed by atoms with Gasteiger partial charge in [-0.2, -0.15) is 0 Å². The Morgan fingerprint density at radius 2 is 2.04 bits per heavy atom. The van der Waals surface area contributed by atoms with Crippen molar-refractivity contribution < 1.29 is 14.3 Å². The van der Waals surface area contributed by atoms with Gasteiger partial charge in [0.25, 0.3) is 5.91 Å². The zero-order valence-electron chi connectivity index (χ0n) is 15.5. The average Bonchev–Trinajstić information content (AvgIpc) is 3.20. The number of hydrogen-bond acceptors (Lipinski definition) is 4. The summed E-state index contributed by atoms with van der Waals surface area (Å²) >= 11 is 1.54. The molecule has 0 N–H and O–H groups in total. The van der Waals surface area contributed by atoms with E-state index in [4.69, 9.17) is 4.74 Å². The van der Waals surface area contributed by atoms with E-state index in [2.05, 4.69) is 6.07 Å². The lowest BCUT2D eigenvalue weighted by molar-refractivity contribution is -0.143. The first-order valence-corrected chi connectivity index (χ1v) is 9.97. The predicted octanol–water partition coefficient (Wildman–Crippen LogP) is 2.92. The maximum atomic E-state index is 13.7. The molecule has 0 saturated carbocycles. The largest absolute Gasteiger partial charge is 0.375 e. The van der Waals surface area contributed by atoms with Crippen molar-refractivity contribution in [1.82, 2.24) is 4.90 Å². The number of thioether (sulfide) groups is 1. The van der Waals surface area contributed by atoms with Gasteiger partial charge >= 0.3 is 0 Å². The zero-order valence-corrected chi connectivity index (χ0v) is 16.3. The van der Waals surface area contributed by atoms with Gasteiger partial charge in [0.2, 0.25) is 5.91 Å². The zero-order chi connectivity index (χ0) is 19.0. The first kappa shape index (κ1) is 18.1. The van der Waals surface area contributed by atoms with E-state index in [1.807, 2.05) is 54.3 Å². The van der Waals surface area contributed by atoms with E-state index in [0.717, 1.165) is 28.1 Å². The Bertz CT molecular complexity index is 901. The van der Waals surface area contributed by atoms with E-state index in [1.165, 1.54) is 7.11 Å². The van der Waals surface area contributed by atoms with Gasteiger partial charge in [-0.15, -0.1) is 11.8 Å². The number of anilines is 1. The summed E-state index contributed by atoms with van der Waals surface area (Å²) in [6.07, 6.45) is 0. The molecule has 1 atom stereocenters. The molecule has 2 aliphatic rings. The van der Waals surface area contributed by atoms with Gasteiger partial charge in [-0.05, 0) is 18.6 Å². The maximum absolute atomic E-state index is 13.7. The molecule has 1 fully saturated rings. The molecule has 0 radical (unpaired) electrons. The Labute approximate surface area is 163 Å². The maximum Gasteiger partial charge on any atom is 0.268 e. The summed E-state index contributed by atoms with van der Waals surface area (Å²) in [4.78, 5) is 28.9. The number of nitrogens with zero attached hydrogens (tertiary/aromatic N) is 2. The van der Waals surface area contributed by atoms with E-state index in [0.29, 0.717) is 13.1 Å². The van der Waals surface area contributed by atoms with Crippen LogP contribution in [0.15, 0.2) is 48.5 Å². The number of ether oxygens (including phenoxy) is 1. The molecule has 2 amide bonds. The highest BCUT2D eigenvalue weighted by Crippen LogP contribution is 2.54. The van der Waals surface area contributed by atoms with Gasteiger partial charge in [0, 0.05) is 25.0 Å². The third kappa shape index (κ3) is 2.84. The van der Waals surface area contributed by atoms with Crippen LogP contribution in [0.5, 0.6) is 0 Å². The number of para-hydroxylation sites is 1. The van der Waals surface area contributed by atoms with E-state index in [1.54, 1.807) is 16.7 Å². The fourth-order valence-corrected chi connectivity index (χ4v) is 5.46. The summed E-state index contributed by atoms with van der Waals surface area (Å²) in [5, 5.41) is 0. The van der Waals surface area contributed by atoms with Crippen LogP contribution >= 0.6 is 11.8 Å². The molecule has 140 valence electrons. The summed E-state index contributed by atoms with van der Waals surface area (Å²) < 4.78 is 5.05. The van der Waals surface area contributed by atoms with Gasteiger partial charge < -0.3 is 14.5 Å². The van der Waals surface area contributed by atoms with Gasteiger partial charge in [-0.3, -0.25) is 9.59 Å². The molecule has 2 aromatic rings. The van der Waals surface area contributed by atoms with Crippen molar-refractivity contribution in [3.8, 4) is 0 Å². The van der Waals surface area contributed by atoms with Crippen molar-refractivity contribution in [1.29, 1.82) is 0 Å². The molecule has 1 unspecified atom stereocenters. The van der Waals surface area contributed by atoms with Crippen LogP contribution < -0.4 is 4.90 Å². The molecule has 4 rings (SSSR count). The second-order valence-electron chi connectivity index (χ2n) is 6.87. The highest BCUT2D eigenvalue weighted by molar-refractivity contribution is 8.01. The quantitative estimate of drug-likeness (QED) is 0.816. The fourth-order valence-electron chi connectivity index (χ4n) is 3.98. The molecule has 6 heteroatoms. The van der Waals surface area contributed by atoms with E-state index in [9.17, 15) is 9.59 Å². The Morgan fingerprint density at radius 1 is 1.22 bits per heavy atom. The molecule has 1 saturated heterocycles. The number of rotatable bonds is 4. The van der Waals surface area contributed by atoms with E-state index < -0.39 is 4.87 Å². The Kier molecular flexibility index (Phi) is 4.70. The van der Waals surface area contributed by atoms with Crippen LogP contribution in [0.2, 0.25) is 0 Å². The lowest BCUT2D eigenvalue weighted by atomic mass is 10.1. The normalized spacial score (nSPS) is 21.2. The molecule has 2 aliphatic heterocycles. The fraction of sp³-hybridized carbons (Fsp3) is 0.333. The number of methoxy groups -OCH3 is 1. The molecule has 27 heavy (non-hydrogen) atoms. The molecule has 2 aromatic carbocycles. The van der Waals surface area contributed by atoms with Gasteiger partial charge in [0.15, 0.2) is 4.87 Å². The monoisotopic (exact) mass is 382 g/mol. The topological polar surface area (TPSA) is 49.9 Å². The second kappa shape index (κ2) is 7.02. The first-order valence-electron chi connectivity index (χ1n) is 8.98. The van der Waals surface area contributed by atoms with Crippen molar-refractivity contribution in [2.24, 2.45) is 0 Å². The predicted molar refractivity (Wildman–Crippen MR) is 107 cm³/mol. The van der Waals surface area contributed by atoms with Crippen molar-refractivity contribution in [3.63, 3.8) is 0 Å². The summed E-state index contributed by atoms with van der Waals surface area (Å²) in [7, 11) is 1.50. The van der Waals surface area contributed by atoms with Crippen molar-refractivity contribution >= 4 is 29.3 Å². The van der Waals surface area contributed by atoms with Crippen LogP contribution in [0.25, 0.3) is 0 Å². The highest BCUT2D eigenvalue weighted by atomic mass is 32.2. The summed E-state index contributed by atoms with van der Waals surface area (Å²) in [5.74, 6) is 0.536. The Morgan fingerprint density at radius 3 is 2.81 bits per heavy atom. The lowest BCUT2D eigenvalue weighted by Crippen LogP contribution is -2.51. The van der Waals surface area contributed by atoms with Crippen LogP contribution in [-0.4, -0.2) is 42.7 Å². The first-order chi connectivity index (χ1) is 13.1. The molecule has 1 spiro atoms. The van der Waals surface area contributed by atoms with E-state index >= 15 is 0 Å². The molecular formula is C21H22N2O3S. The number of carbonyl (C=O) groups is 2. The number of hydrogen-bond donors (Lipinski definition) is 0. The Balaban J connectivity index is 1.77. The smallest absolute Gasteiger partial charge is 0.268 e. The average molecular weight is 382 g/mol. The minimum atomic E-state index is -0.976. The van der Waals surface area contributed by atoms with Crippen molar-refractivity contribution in [3.05, 3.63) is 65.2 Å². The molecule has 0 aliphatic carbocycles. The molecule has 2 heterocycles. The third-order valence-corrected chi connectivity index (χ3v) is 6.51. The number of aryl methyl sites for hydroxylation is 1. The summed E-state index contributed by atoms with van der Waals surface area (Å²) in [5.41, 5.74) is 4.02. The number of carbonyl (C=O) groups excluding carboxylic acids is 2. The SMILES string of the molecule is COCC(=O)N1CCSC12C(=O)N(Cc1cccc(C)c1)c1ccccc12. The van der Waals surface area contributed by atoms with Crippen molar-refractivity contribution in [2.45, 2.75) is 18.3 Å². The van der Waals surface area contributed by atoms with Crippen LogP contribution in [0.4, 0.5) is 5.69 Å². The van der Waals surface area contributed by atoms with Gasteiger partial charge in [-0.1, -0.05) is 48.0 Å². The van der Waals surface area contributed by atoms with Crippen LogP contribution in [0.3, 0.4) is 0 Å². The van der Waals surface area contributed by atoms with Gasteiger partial charge in [-0.25, -0.2) is 0 Å². The number of amides is 2. The van der Waals surface area contributed by atoms with Crippen LogP contribution in [0, 0.1) is 6.92 Å². The molecule has 0 aromatic heterocycles. The van der Waals surface area contributed by atoms with Gasteiger partial charge in [0.05, 0.1) is 12.2 Å². The molecule has 0 bridgehead atoms. The van der Waals surface area contributed by atoms with Crippen LogP contribution in [-0.2, 0) is 25.7 Å². The minimum absolute atomic E-state index is 0.0182. The molecule has 5 nitrogen and oxygen atoms in total. The van der Waals surface area contributed by atoms with E-state index in [-0.39, 0.29) is 18.4 Å². The van der Waals surface area contributed by atoms with Crippen molar-refractivity contribution in [2.75, 3.05) is 30.9 Å². The lowest BCUT2D eigenvalue weighted by Gasteiger charge is -2.33. The summed E-state index contributed by atoms with van der Waals surface area (Å²) in [6.45, 7) is 3.07. The third-order valence-electron chi connectivity index (χ3n) is 5.09.